The van der Waals surface area contributed by atoms with Crippen LogP contribution in [0.5, 0.6) is 0 Å². The Labute approximate surface area is 85.7 Å². The molecule has 1 aliphatic heterocycles. The van der Waals surface area contributed by atoms with E-state index in [9.17, 15) is 0 Å². The smallest absolute Gasteiger partial charge is 0.0623 e. The molecule has 1 aliphatic rings. The zero-order valence-electron chi connectivity index (χ0n) is 6.83. The van der Waals surface area contributed by atoms with E-state index in [0.29, 0.717) is 0 Å². The lowest BCUT2D eigenvalue weighted by Crippen LogP contribution is -2.42. The Morgan fingerprint density at radius 2 is 2.50 bits per heavy atom. The average Bonchev–Trinajstić information content (AvgIpc) is 2.32. The molecule has 1 aromatic heterocycles. The minimum Gasteiger partial charge on any atom is -0.316 e. The first-order valence-electron chi connectivity index (χ1n) is 4.23. The highest BCUT2D eigenvalue weighted by Gasteiger charge is 2.15. The van der Waals surface area contributed by atoms with Gasteiger partial charge in [-0.2, -0.15) is 5.10 Å². The van der Waals surface area contributed by atoms with Crippen molar-refractivity contribution in [2.24, 2.45) is 5.92 Å². The highest BCUT2D eigenvalue weighted by atomic mass is 127. The van der Waals surface area contributed by atoms with E-state index in [2.05, 4.69) is 39.2 Å². The van der Waals surface area contributed by atoms with Gasteiger partial charge in [-0.05, 0) is 48.0 Å². The van der Waals surface area contributed by atoms with Gasteiger partial charge in [0.15, 0.2) is 0 Å². The van der Waals surface area contributed by atoms with Crippen molar-refractivity contribution < 1.29 is 0 Å². The third kappa shape index (κ3) is 1.98. The summed E-state index contributed by atoms with van der Waals surface area (Å²) in [6.45, 7) is 3.45. The number of nitrogens with zero attached hydrogens (tertiary/aromatic N) is 2. The summed E-state index contributed by atoms with van der Waals surface area (Å²) in [4.78, 5) is 0. The number of hydrogen-bond acceptors (Lipinski definition) is 2. The highest BCUT2D eigenvalue weighted by molar-refractivity contribution is 14.1. The van der Waals surface area contributed by atoms with Gasteiger partial charge in [0.05, 0.1) is 9.77 Å². The summed E-state index contributed by atoms with van der Waals surface area (Å²) in [6.07, 6.45) is 5.25. The molecule has 0 spiro atoms. The van der Waals surface area contributed by atoms with Crippen molar-refractivity contribution in [3.8, 4) is 0 Å². The largest absolute Gasteiger partial charge is 0.316 e. The zero-order chi connectivity index (χ0) is 8.39. The van der Waals surface area contributed by atoms with Crippen LogP contribution < -0.4 is 5.32 Å². The van der Waals surface area contributed by atoms with Crippen molar-refractivity contribution in [3.63, 3.8) is 0 Å². The van der Waals surface area contributed by atoms with Crippen LogP contribution in [0, 0.1) is 9.49 Å². The standard InChI is InChI=1S/C8H12IN3/c9-8-5-11-12(6-8)2-1-7-3-10-4-7/h5-7,10H,1-4H2. The van der Waals surface area contributed by atoms with Gasteiger partial charge in [0.25, 0.3) is 0 Å². The molecule has 1 N–H and O–H groups in total. The fourth-order valence-electron chi connectivity index (χ4n) is 1.33. The maximum Gasteiger partial charge on any atom is 0.0623 e. The van der Waals surface area contributed by atoms with Gasteiger partial charge in [-0.25, -0.2) is 0 Å². The summed E-state index contributed by atoms with van der Waals surface area (Å²) >= 11 is 2.29. The van der Waals surface area contributed by atoms with Crippen molar-refractivity contribution in [2.75, 3.05) is 13.1 Å². The second kappa shape index (κ2) is 3.74. The minimum absolute atomic E-state index is 0.881. The number of nitrogens with one attached hydrogen (secondary N) is 1. The Kier molecular flexibility index (Phi) is 2.65. The summed E-state index contributed by atoms with van der Waals surface area (Å²) in [5.74, 6) is 0.881. The SMILES string of the molecule is Ic1cnn(CCC2CNC2)c1. The topological polar surface area (TPSA) is 29.9 Å². The first kappa shape index (κ1) is 8.50. The van der Waals surface area contributed by atoms with E-state index in [-0.39, 0.29) is 0 Å². The number of hydrogen-bond donors (Lipinski definition) is 1. The maximum atomic E-state index is 4.23. The van der Waals surface area contributed by atoms with Crippen LogP contribution in [0.1, 0.15) is 6.42 Å². The van der Waals surface area contributed by atoms with Gasteiger partial charge in [-0.15, -0.1) is 0 Å². The molecule has 0 aromatic carbocycles. The van der Waals surface area contributed by atoms with Gasteiger partial charge in [0, 0.05) is 12.7 Å². The van der Waals surface area contributed by atoms with Crippen molar-refractivity contribution in [1.29, 1.82) is 0 Å². The van der Waals surface area contributed by atoms with Crippen LogP contribution in [0.4, 0.5) is 0 Å². The van der Waals surface area contributed by atoms with Crippen LogP contribution in [-0.2, 0) is 6.54 Å². The summed E-state index contributed by atoms with van der Waals surface area (Å²) in [5, 5.41) is 7.51. The fraction of sp³-hybridized carbons (Fsp3) is 0.625. The van der Waals surface area contributed by atoms with Crippen LogP contribution in [0.25, 0.3) is 0 Å². The predicted octanol–water partition coefficient (Wildman–Crippen LogP) is 1.10. The van der Waals surface area contributed by atoms with Crippen LogP contribution in [0.2, 0.25) is 0 Å². The molecule has 0 amide bonds. The summed E-state index contributed by atoms with van der Waals surface area (Å²) in [7, 11) is 0. The van der Waals surface area contributed by atoms with Gasteiger partial charge < -0.3 is 5.32 Å². The average molecular weight is 277 g/mol. The second-order valence-electron chi connectivity index (χ2n) is 3.23. The fourth-order valence-corrected chi connectivity index (χ4v) is 1.77. The van der Waals surface area contributed by atoms with Crippen molar-refractivity contribution in [1.82, 2.24) is 15.1 Å². The molecule has 66 valence electrons. The molecule has 0 bridgehead atoms. The lowest BCUT2D eigenvalue weighted by molar-refractivity contribution is 0.307. The Hall–Kier alpha value is -0.100. The third-order valence-electron chi connectivity index (χ3n) is 2.23. The lowest BCUT2D eigenvalue weighted by Gasteiger charge is -2.26. The molecule has 1 aromatic rings. The molecule has 0 radical (unpaired) electrons. The van der Waals surface area contributed by atoms with Gasteiger partial charge in [0.2, 0.25) is 0 Å². The maximum absolute atomic E-state index is 4.23. The molecule has 0 atom stereocenters. The number of aryl methyl sites for hydroxylation is 1. The first-order chi connectivity index (χ1) is 5.84. The van der Waals surface area contributed by atoms with E-state index in [1.807, 2.05) is 10.9 Å². The molecule has 1 saturated heterocycles. The molecular weight excluding hydrogens is 265 g/mol. The monoisotopic (exact) mass is 277 g/mol. The Bertz CT molecular complexity index is 255. The van der Waals surface area contributed by atoms with E-state index in [0.717, 1.165) is 12.5 Å². The molecule has 2 rings (SSSR count). The number of aromatic nitrogens is 2. The summed E-state index contributed by atoms with van der Waals surface area (Å²) < 4.78 is 3.25. The predicted molar refractivity (Wildman–Crippen MR) is 55.9 cm³/mol. The molecule has 1 fully saturated rings. The normalized spacial score (nSPS) is 17.8. The Balaban J connectivity index is 1.79. The van der Waals surface area contributed by atoms with Gasteiger partial charge in [-0.1, -0.05) is 0 Å². The highest BCUT2D eigenvalue weighted by Crippen LogP contribution is 2.10. The van der Waals surface area contributed by atoms with E-state index >= 15 is 0 Å². The lowest BCUT2D eigenvalue weighted by atomic mass is 10.00. The molecule has 2 heterocycles. The van der Waals surface area contributed by atoms with Crippen molar-refractivity contribution in [2.45, 2.75) is 13.0 Å². The van der Waals surface area contributed by atoms with Crippen LogP contribution >= 0.6 is 22.6 Å². The van der Waals surface area contributed by atoms with Crippen molar-refractivity contribution >= 4 is 22.6 Å². The zero-order valence-corrected chi connectivity index (χ0v) is 8.99. The van der Waals surface area contributed by atoms with E-state index < -0.39 is 0 Å². The molecule has 0 aliphatic carbocycles. The minimum atomic E-state index is 0.881. The number of halogens is 1. The van der Waals surface area contributed by atoms with Gasteiger partial charge in [-0.3, -0.25) is 4.68 Å². The van der Waals surface area contributed by atoms with Crippen LogP contribution in [0.3, 0.4) is 0 Å². The summed E-state index contributed by atoms with van der Waals surface area (Å²) in [6, 6.07) is 0. The third-order valence-corrected chi connectivity index (χ3v) is 2.79. The quantitative estimate of drug-likeness (QED) is 0.838. The van der Waals surface area contributed by atoms with Crippen LogP contribution in [0.15, 0.2) is 12.4 Å². The van der Waals surface area contributed by atoms with E-state index in [1.54, 1.807) is 0 Å². The van der Waals surface area contributed by atoms with Gasteiger partial charge >= 0.3 is 0 Å². The number of rotatable bonds is 3. The van der Waals surface area contributed by atoms with Crippen molar-refractivity contribution in [3.05, 3.63) is 16.0 Å². The molecular formula is C8H12IN3. The Morgan fingerprint density at radius 1 is 1.67 bits per heavy atom. The molecule has 4 heteroatoms. The van der Waals surface area contributed by atoms with E-state index in [1.165, 1.54) is 23.1 Å². The first-order valence-corrected chi connectivity index (χ1v) is 5.31. The molecule has 3 nitrogen and oxygen atoms in total. The Morgan fingerprint density at radius 3 is 3.00 bits per heavy atom. The molecule has 0 unspecified atom stereocenters. The van der Waals surface area contributed by atoms with Gasteiger partial charge in [0.1, 0.15) is 0 Å². The van der Waals surface area contributed by atoms with Crippen LogP contribution in [-0.4, -0.2) is 22.9 Å². The molecule has 0 saturated carbocycles. The summed E-state index contributed by atoms with van der Waals surface area (Å²) in [5.41, 5.74) is 0. The van der Waals surface area contributed by atoms with E-state index in [4.69, 9.17) is 0 Å². The second-order valence-corrected chi connectivity index (χ2v) is 4.48. The molecule has 12 heavy (non-hydrogen) atoms.